The van der Waals surface area contributed by atoms with Gasteiger partial charge in [0.2, 0.25) is 0 Å². The summed E-state index contributed by atoms with van der Waals surface area (Å²) in [6, 6.07) is 10.6. The van der Waals surface area contributed by atoms with Gasteiger partial charge >= 0.3 is 0 Å². The third-order valence-corrected chi connectivity index (χ3v) is 3.56. The number of nitrogens with zero attached hydrogens (tertiary/aromatic N) is 1. The highest BCUT2D eigenvalue weighted by atomic mass is 15.1. The molecule has 0 bridgehead atoms. The van der Waals surface area contributed by atoms with Crippen molar-refractivity contribution < 1.29 is 0 Å². The van der Waals surface area contributed by atoms with Crippen molar-refractivity contribution in [3.63, 3.8) is 0 Å². The van der Waals surface area contributed by atoms with Gasteiger partial charge in [-0.15, -0.1) is 0 Å². The van der Waals surface area contributed by atoms with Crippen LogP contribution in [0.1, 0.15) is 31.4 Å². The van der Waals surface area contributed by atoms with Gasteiger partial charge in [-0.1, -0.05) is 37.3 Å². The zero-order chi connectivity index (χ0) is 11.4. The topological polar surface area (TPSA) is 29.3 Å². The summed E-state index contributed by atoms with van der Waals surface area (Å²) in [4.78, 5) is 2.50. The van der Waals surface area contributed by atoms with Crippen LogP contribution in [0.2, 0.25) is 0 Å². The van der Waals surface area contributed by atoms with Gasteiger partial charge < -0.3 is 10.6 Å². The smallest absolute Gasteiger partial charge is 0.0424 e. The zero-order valence-corrected chi connectivity index (χ0v) is 10.1. The van der Waals surface area contributed by atoms with Crippen LogP contribution < -0.4 is 5.73 Å². The normalized spacial score (nSPS) is 20.9. The first kappa shape index (κ1) is 11.6. The Morgan fingerprint density at radius 3 is 2.50 bits per heavy atom. The highest BCUT2D eigenvalue weighted by molar-refractivity contribution is 5.18. The van der Waals surface area contributed by atoms with E-state index in [9.17, 15) is 0 Å². The van der Waals surface area contributed by atoms with Crippen molar-refractivity contribution in [2.24, 2.45) is 11.7 Å². The summed E-state index contributed by atoms with van der Waals surface area (Å²) < 4.78 is 0. The van der Waals surface area contributed by atoms with Crippen molar-refractivity contribution in [1.82, 2.24) is 4.90 Å². The summed E-state index contributed by atoms with van der Waals surface area (Å²) in [5.74, 6) is 0.893. The molecule has 0 aliphatic carbocycles. The van der Waals surface area contributed by atoms with Crippen molar-refractivity contribution in [3.8, 4) is 0 Å². The van der Waals surface area contributed by atoms with Gasteiger partial charge in [0.1, 0.15) is 0 Å². The van der Waals surface area contributed by atoms with Gasteiger partial charge in [0, 0.05) is 12.6 Å². The lowest BCUT2D eigenvalue weighted by Crippen LogP contribution is -2.38. The minimum Gasteiger partial charge on any atom is -0.323 e. The monoisotopic (exact) mass is 218 g/mol. The minimum atomic E-state index is 0.162. The summed E-state index contributed by atoms with van der Waals surface area (Å²) >= 11 is 0. The van der Waals surface area contributed by atoms with Crippen molar-refractivity contribution in [2.75, 3.05) is 19.6 Å². The number of likely N-dealkylation sites (tertiary alicyclic amines) is 1. The number of nitrogens with two attached hydrogens (primary N) is 1. The molecule has 2 rings (SSSR count). The van der Waals surface area contributed by atoms with Gasteiger partial charge in [0.05, 0.1) is 0 Å². The molecule has 1 aliphatic rings. The molecule has 2 heteroatoms. The van der Waals surface area contributed by atoms with Crippen LogP contribution in [-0.2, 0) is 0 Å². The van der Waals surface area contributed by atoms with E-state index in [-0.39, 0.29) is 6.04 Å². The highest BCUT2D eigenvalue weighted by Gasteiger charge is 2.18. The Morgan fingerprint density at radius 2 is 1.88 bits per heavy atom. The van der Waals surface area contributed by atoms with Gasteiger partial charge in [-0.25, -0.2) is 0 Å². The first-order chi connectivity index (χ1) is 7.75. The summed E-state index contributed by atoms with van der Waals surface area (Å²) in [5, 5.41) is 0. The first-order valence-corrected chi connectivity index (χ1v) is 6.28. The molecule has 1 fully saturated rings. The van der Waals surface area contributed by atoms with Crippen LogP contribution in [0.15, 0.2) is 30.3 Å². The number of piperidine rings is 1. The van der Waals surface area contributed by atoms with E-state index in [1.54, 1.807) is 0 Å². The lowest BCUT2D eigenvalue weighted by molar-refractivity contribution is 0.183. The maximum absolute atomic E-state index is 6.22. The molecule has 0 saturated carbocycles. The van der Waals surface area contributed by atoms with E-state index in [0.29, 0.717) is 0 Å². The first-order valence-electron chi connectivity index (χ1n) is 6.28. The number of benzene rings is 1. The van der Waals surface area contributed by atoms with Gasteiger partial charge in [-0.3, -0.25) is 0 Å². The number of hydrogen-bond donors (Lipinski definition) is 1. The van der Waals surface area contributed by atoms with Crippen LogP contribution in [-0.4, -0.2) is 24.5 Å². The molecule has 88 valence electrons. The van der Waals surface area contributed by atoms with Crippen molar-refractivity contribution >= 4 is 0 Å². The minimum absolute atomic E-state index is 0.162. The van der Waals surface area contributed by atoms with Gasteiger partial charge in [-0.05, 0) is 37.4 Å². The van der Waals surface area contributed by atoms with Gasteiger partial charge in [-0.2, -0.15) is 0 Å². The molecular weight excluding hydrogens is 196 g/mol. The van der Waals surface area contributed by atoms with E-state index in [0.717, 1.165) is 12.5 Å². The van der Waals surface area contributed by atoms with E-state index < -0.39 is 0 Å². The molecule has 0 aromatic heterocycles. The molecule has 1 aliphatic heterocycles. The molecule has 16 heavy (non-hydrogen) atoms. The second-order valence-electron chi connectivity index (χ2n) is 5.00. The van der Waals surface area contributed by atoms with Crippen molar-refractivity contribution in [3.05, 3.63) is 35.9 Å². The molecular formula is C14H22N2. The maximum Gasteiger partial charge on any atom is 0.0424 e. The predicted molar refractivity (Wildman–Crippen MR) is 68.2 cm³/mol. The van der Waals surface area contributed by atoms with E-state index in [1.165, 1.54) is 31.5 Å². The Morgan fingerprint density at radius 1 is 1.25 bits per heavy atom. The predicted octanol–water partition coefficient (Wildman–Crippen LogP) is 2.42. The second-order valence-corrected chi connectivity index (χ2v) is 5.00. The van der Waals surface area contributed by atoms with E-state index >= 15 is 0 Å². The van der Waals surface area contributed by atoms with Gasteiger partial charge in [0.15, 0.2) is 0 Å². The molecule has 1 aromatic rings. The fourth-order valence-corrected chi connectivity index (χ4v) is 2.33. The SMILES string of the molecule is CC1CCN(CC(N)c2ccccc2)CC1. The Balaban J connectivity index is 1.86. The number of rotatable bonds is 3. The highest BCUT2D eigenvalue weighted by Crippen LogP contribution is 2.18. The lowest BCUT2D eigenvalue weighted by Gasteiger charge is -2.32. The van der Waals surface area contributed by atoms with E-state index in [2.05, 4.69) is 36.1 Å². The molecule has 1 aromatic carbocycles. The largest absolute Gasteiger partial charge is 0.323 e. The summed E-state index contributed by atoms with van der Waals surface area (Å²) in [7, 11) is 0. The summed E-state index contributed by atoms with van der Waals surface area (Å²) in [6.07, 6.45) is 2.64. The average Bonchev–Trinajstić information content (AvgIpc) is 2.33. The standard InChI is InChI=1S/C14H22N2/c1-12-7-9-16(10-8-12)11-14(15)13-5-3-2-4-6-13/h2-6,12,14H,7-11,15H2,1H3. The molecule has 0 amide bonds. The molecule has 2 N–H and O–H groups in total. The van der Waals surface area contributed by atoms with Crippen LogP contribution in [0, 0.1) is 5.92 Å². The van der Waals surface area contributed by atoms with Crippen LogP contribution in [0.5, 0.6) is 0 Å². The fourth-order valence-electron chi connectivity index (χ4n) is 2.33. The van der Waals surface area contributed by atoms with Crippen LogP contribution >= 0.6 is 0 Å². The quantitative estimate of drug-likeness (QED) is 0.844. The third-order valence-electron chi connectivity index (χ3n) is 3.56. The Kier molecular flexibility index (Phi) is 3.97. The fraction of sp³-hybridized carbons (Fsp3) is 0.571. The second kappa shape index (κ2) is 5.46. The van der Waals surface area contributed by atoms with Crippen LogP contribution in [0.4, 0.5) is 0 Å². The Bertz CT molecular complexity index is 302. The molecule has 1 unspecified atom stereocenters. The molecule has 2 nitrogen and oxygen atoms in total. The van der Waals surface area contributed by atoms with E-state index in [4.69, 9.17) is 5.73 Å². The molecule has 1 heterocycles. The molecule has 0 spiro atoms. The summed E-state index contributed by atoms with van der Waals surface area (Å²) in [6.45, 7) is 5.76. The van der Waals surface area contributed by atoms with Crippen LogP contribution in [0.25, 0.3) is 0 Å². The van der Waals surface area contributed by atoms with E-state index in [1.807, 2.05) is 6.07 Å². The van der Waals surface area contributed by atoms with Crippen molar-refractivity contribution in [1.29, 1.82) is 0 Å². The lowest BCUT2D eigenvalue weighted by atomic mass is 9.98. The molecule has 0 radical (unpaired) electrons. The van der Waals surface area contributed by atoms with Gasteiger partial charge in [0.25, 0.3) is 0 Å². The number of hydrogen-bond acceptors (Lipinski definition) is 2. The molecule has 1 saturated heterocycles. The molecule has 1 atom stereocenters. The average molecular weight is 218 g/mol. The Hall–Kier alpha value is -0.860. The summed E-state index contributed by atoms with van der Waals surface area (Å²) in [5.41, 5.74) is 7.47. The third kappa shape index (κ3) is 3.06. The maximum atomic E-state index is 6.22. The van der Waals surface area contributed by atoms with Crippen LogP contribution in [0.3, 0.4) is 0 Å². The van der Waals surface area contributed by atoms with Crippen molar-refractivity contribution in [2.45, 2.75) is 25.8 Å². The zero-order valence-electron chi connectivity index (χ0n) is 10.1. The Labute approximate surface area is 98.4 Å².